The predicted molar refractivity (Wildman–Crippen MR) is 74.5 cm³/mol. The molecule has 0 fully saturated rings. The fourth-order valence-corrected chi connectivity index (χ4v) is 2.28. The molecule has 1 aromatic rings. The molecule has 0 saturated carbocycles. The van der Waals surface area contributed by atoms with Crippen molar-refractivity contribution in [3.05, 3.63) is 22.4 Å². The first kappa shape index (κ1) is 15.1. The van der Waals surface area contributed by atoms with Gasteiger partial charge in [-0.2, -0.15) is 0 Å². The van der Waals surface area contributed by atoms with Gasteiger partial charge in [0.05, 0.1) is 18.7 Å². The van der Waals surface area contributed by atoms with E-state index >= 15 is 0 Å². The predicted octanol–water partition coefficient (Wildman–Crippen LogP) is 1.85. The molecule has 1 rings (SSSR count). The van der Waals surface area contributed by atoms with Gasteiger partial charge in [0, 0.05) is 18.5 Å². The molecule has 1 amide bonds. The molecule has 0 spiro atoms. The van der Waals surface area contributed by atoms with E-state index in [0.717, 1.165) is 4.88 Å². The summed E-state index contributed by atoms with van der Waals surface area (Å²) < 4.78 is 5.06. The molecule has 0 aliphatic heterocycles. The molecule has 0 saturated heterocycles. The highest BCUT2D eigenvalue weighted by Gasteiger charge is 2.30. The van der Waals surface area contributed by atoms with Crippen LogP contribution >= 0.6 is 11.3 Å². The van der Waals surface area contributed by atoms with Gasteiger partial charge in [0.25, 0.3) is 0 Å². The summed E-state index contributed by atoms with van der Waals surface area (Å²) in [5.41, 5.74) is 5.23. The van der Waals surface area contributed by atoms with Gasteiger partial charge in [-0.25, -0.2) is 0 Å². The number of carbonyl (C=O) groups excluding carboxylic acids is 1. The van der Waals surface area contributed by atoms with E-state index < -0.39 is 5.54 Å². The van der Waals surface area contributed by atoms with Crippen LogP contribution in [0.4, 0.5) is 0 Å². The minimum absolute atomic E-state index is 0.0181. The van der Waals surface area contributed by atoms with Crippen molar-refractivity contribution in [2.75, 3.05) is 20.3 Å². The minimum Gasteiger partial charge on any atom is -0.383 e. The van der Waals surface area contributed by atoms with Crippen LogP contribution in [-0.2, 0) is 16.1 Å². The fraction of sp³-hybridized carbons (Fsp3) is 0.615. The second-order valence-corrected chi connectivity index (χ2v) is 5.60. The molecule has 0 aliphatic carbocycles. The quantitative estimate of drug-likeness (QED) is 0.822. The zero-order valence-corrected chi connectivity index (χ0v) is 12.1. The lowest BCUT2D eigenvalue weighted by molar-refractivity contribution is -0.137. The minimum atomic E-state index is -0.801. The van der Waals surface area contributed by atoms with Crippen LogP contribution in [0.2, 0.25) is 0 Å². The Bertz CT molecular complexity index is 363. The van der Waals surface area contributed by atoms with Crippen LogP contribution in [0, 0.1) is 0 Å². The maximum absolute atomic E-state index is 12.4. The molecule has 2 N–H and O–H groups in total. The van der Waals surface area contributed by atoms with E-state index in [9.17, 15) is 4.79 Å². The SMILES string of the molecule is CCC(C)(N)C(=O)N(CCOC)Cc1cccs1. The fourth-order valence-electron chi connectivity index (χ4n) is 1.56. The number of rotatable bonds is 7. The molecule has 5 heteroatoms. The lowest BCUT2D eigenvalue weighted by Crippen LogP contribution is -2.53. The maximum atomic E-state index is 12.4. The molecular weight excluding hydrogens is 248 g/mol. The number of ether oxygens (including phenoxy) is 1. The van der Waals surface area contributed by atoms with Gasteiger partial charge in [0.1, 0.15) is 0 Å². The highest BCUT2D eigenvalue weighted by Crippen LogP contribution is 2.16. The third-order valence-corrected chi connectivity index (χ3v) is 3.86. The van der Waals surface area contributed by atoms with Gasteiger partial charge in [-0.1, -0.05) is 13.0 Å². The largest absolute Gasteiger partial charge is 0.383 e. The van der Waals surface area contributed by atoms with Crippen molar-refractivity contribution in [1.29, 1.82) is 0 Å². The molecular formula is C13H22N2O2S. The Hall–Kier alpha value is -0.910. The third kappa shape index (κ3) is 4.08. The van der Waals surface area contributed by atoms with Crippen molar-refractivity contribution in [2.24, 2.45) is 5.73 Å². The molecule has 4 nitrogen and oxygen atoms in total. The number of nitrogens with two attached hydrogens (primary N) is 1. The number of hydrogen-bond acceptors (Lipinski definition) is 4. The van der Waals surface area contributed by atoms with Gasteiger partial charge in [-0.05, 0) is 24.8 Å². The van der Waals surface area contributed by atoms with E-state index in [1.807, 2.05) is 24.4 Å². The summed E-state index contributed by atoms with van der Waals surface area (Å²) >= 11 is 1.64. The smallest absolute Gasteiger partial charge is 0.242 e. The lowest BCUT2D eigenvalue weighted by atomic mass is 9.98. The molecule has 0 aliphatic rings. The Morgan fingerprint density at radius 1 is 1.61 bits per heavy atom. The average Bonchev–Trinajstić information content (AvgIpc) is 2.86. The Balaban J connectivity index is 2.74. The Labute approximate surface area is 113 Å². The van der Waals surface area contributed by atoms with Crippen LogP contribution in [-0.4, -0.2) is 36.6 Å². The Morgan fingerprint density at radius 3 is 2.83 bits per heavy atom. The second-order valence-electron chi connectivity index (χ2n) is 4.57. The van der Waals surface area contributed by atoms with Crippen LogP contribution in [0.1, 0.15) is 25.1 Å². The van der Waals surface area contributed by atoms with E-state index in [1.54, 1.807) is 30.3 Å². The lowest BCUT2D eigenvalue weighted by Gasteiger charge is -2.30. The van der Waals surface area contributed by atoms with Crippen molar-refractivity contribution >= 4 is 17.2 Å². The van der Waals surface area contributed by atoms with Gasteiger partial charge in [0.2, 0.25) is 5.91 Å². The molecule has 102 valence electrons. The van der Waals surface area contributed by atoms with Gasteiger partial charge in [-0.3, -0.25) is 4.79 Å². The van der Waals surface area contributed by atoms with E-state index in [1.165, 1.54) is 0 Å². The maximum Gasteiger partial charge on any atom is 0.242 e. The summed E-state index contributed by atoms with van der Waals surface area (Å²) in [5, 5.41) is 2.01. The molecule has 18 heavy (non-hydrogen) atoms. The summed E-state index contributed by atoms with van der Waals surface area (Å²) in [6.07, 6.45) is 0.625. The van der Waals surface area contributed by atoms with E-state index in [2.05, 4.69) is 0 Å². The summed E-state index contributed by atoms with van der Waals surface area (Å²) in [4.78, 5) is 15.3. The van der Waals surface area contributed by atoms with Crippen LogP contribution in [0.25, 0.3) is 0 Å². The van der Waals surface area contributed by atoms with Gasteiger partial charge >= 0.3 is 0 Å². The van der Waals surface area contributed by atoms with Crippen molar-refractivity contribution in [1.82, 2.24) is 4.90 Å². The van der Waals surface area contributed by atoms with Gasteiger partial charge in [0.15, 0.2) is 0 Å². The van der Waals surface area contributed by atoms with Crippen LogP contribution in [0.3, 0.4) is 0 Å². The van der Waals surface area contributed by atoms with E-state index in [0.29, 0.717) is 26.1 Å². The molecule has 1 aromatic heterocycles. The number of thiophene rings is 1. The third-order valence-electron chi connectivity index (χ3n) is 3.00. The molecule has 1 unspecified atom stereocenters. The van der Waals surface area contributed by atoms with Gasteiger partial charge < -0.3 is 15.4 Å². The monoisotopic (exact) mass is 270 g/mol. The van der Waals surface area contributed by atoms with Crippen molar-refractivity contribution in [2.45, 2.75) is 32.4 Å². The van der Waals surface area contributed by atoms with Crippen LogP contribution < -0.4 is 5.73 Å². The standard InChI is InChI=1S/C13H22N2O2S/c1-4-13(2,14)12(16)15(7-8-17-3)10-11-6-5-9-18-11/h5-6,9H,4,7-8,10,14H2,1-3H3. The normalized spacial score (nSPS) is 14.2. The highest BCUT2D eigenvalue weighted by molar-refractivity contribution is 7.09. The van der Waals surface area contributed by atoms with E-state index in [-0.39, 0.29) is 5.91 Å². The topological polar surface area (TPSA) is 55.6 Å². The molecule has 0 radical (unpaired) electrons. The first-order chi connectivity index (χ1) is 8.51. The van der Waals surface area contributed by atoms with Crippen molar-refractivity contribution < 1.29 is 9.53 Å². The number of nitrogens with zero attached hydrogens (tertiary/aromatic N) is 1. The second kappa shape index (κ2) is 6.87. The summed E-state index contributed by atoms with van der Waals surface area (Å²) in [7, 11) is 1.63. The number of amides is 1. The number of hydrogen-bond donors (Lipinski definition) is 1. The molecule has 1 heterocycles. The average molecular weight is 270 g/mol. The Kier molecular flexibility index (Phi) is 5.78. The van der Waals surface area contributed by atoms with E-state index in [4.69, 9.17) is 10.5 Å². The molecule has 0 aromatic carbocycles. The Morgan fingerprint density at radius 2 is 2.33 bits per heavy atom. The highest BCUT2D eigenvalue weighted by atomic mass is 32.1. The van der Waals surface area contributed by atoms with Crippen LogP contribution in [0.5, 0.6) is 0 Å². The van der Waals surface area contributed by atoms with Gasteiger partial charge in [-0.15, -0.1) is 11.3 Å². The molecule has 1 atom stereocenters. The summed E-state index contributed by atoms with van der Waals surface area (Å²) in [6.45, 7) is 5.41. The number of carbonyl (C=O) groups is 1. The first-order valence-electron chi connectivity index (χ1n) is 6.11. The zero-order chi connectivity index (χ0) is 13.6. The summed E-state index contributed by atoms with van der Waals surface area (Å²) in [6, 6.07) is 4.01. The molecule has 0 bridgehead atoms. The zero-order valence-electron chi connectivity index (χ0n) is 11.3. The summed E-state index contributed by atoms with van der Waals surface area (Å²) in [5.74, 6) is -0.0181. The first-order valence-corrected chi connectivity index (χ1v) is 6.98. The van der Waals surface area contributed by atoms with Crippen molar-refractivity contribution in [3.63, 3.8) is 0 Å². The van der Waals surface area contributed by atoms with Crippen molar-refractivity contribution in [3.8, 4) is 0 Å². The number of methoxy groups -OCH3 is 1. The van der Waals surface area contributed by atoms with Crippen LogP contribution in [0.15, 0.2) is 17.5 Å².